The lowest BCUT2D eigenvalue weighted by Gasteiger charge is -2.38. The van der Waals surface area contributed by atoms with Crippen molar-refractivity contribution in [1.29, 1.82) is 0 Å². The smallest absolute Gasteiger partial charge is 0.269 e. The molecule has 0 saturated heterocycles. The number of nitrogens with zero attached hydrogens (tertiary/aromatic N) is 3. The summed E-state index contributed by atoms with van der Waals surface area (Å²) >= 11 is 0. The molecule has 2 N–H and O–H groups in total. The molecule has 0 radical (unpaired) electrons. The van der Waals surface area contributed by atoms with Crippen LogP contribution in [0.2, 0.25) is 18.1 Å². The van der Waals surface area contributed by atoms with Gasteiger partial charge in [-0.1, -0.05) is 51.8 Å². The van der Waals surface area contributed by atoms with Crippen LogP contribution in [-0.2, 0) is 19.2 Å². The first-order valence-corrected chi connectivity index (χ1v) is 17.5. The normalized spacial score (nSPS) is 20.6. The summed E-state index contributed by atoms with van der Waals surface area (Å²) in [5, 5.41) is 0.117. The van der Waals surface area contributed by atoms with Crippen molar-refractivity contribution in [2.24, 2.45) is 11.8 Å². The fourth-order valence-electron chi connectivity index (χ4n) is 4.72. The van der Waals surface area contributed by atoms with Crippen molar-refractivity contribution >= 4 is 41.2 Å². The van der Waals surface area contributed by atoms with Gasteiger partial charge < -0.3 is 4.43 Å². The van der Waals surface area contributed by atoms with Crippen molar-refractivity contribution in [3.63, 3.8) is 0 Å². The largest absolute Gasteiger partial charge is 0.414 e. The monoisotopic (exact) mass is 557 g/mol. The molecule has 206 valence electrons. The molecule has 1 saturated carbocycles. The minimum Gasteiger partial charge on any atom is -0.414 e. The van der Waals surface area contributed by atoms with Gasteiger partial charge in [0.05, 0.1) is 11.1 Å². The Hall–Kier alpha value is -2.76. The van der Waals surface area contributed by atoms with Crippen molar-refractivity contribution in [2.45, 2.75) is 83.0 Å². The first-order valence-electron chi connectivity index (χ1n) is 13.1. The molecule has 1 amide bonds. The molecule has 0 bridgehead atoms. The molecule has 0 spiro atoms. The van der Waals surface area contributed by atoms with Gasteiger partial charge >= 0.3 is 0 Å². The van der Waals surface area contributed by atoms with E-state index in [0.717, 1.165) is 22.4 Å². The van der Waals surface area contributed by atoms with Gasteiger partial charge in [-0.3, -0.25) is 15.6 Å². The van der Waals surface area contributed by atoms with E-state index in [1.54, 1.807) is 30.3 Å². The topological polar surface area (TPSA) is 115 Å². The van der Waals surface area contributed by atoms with E-state index < -0.39 is 18.3 Å². The third-order valence-corrected chi connectivity index (χ3v) is 14.2. The van der Waals surface area contributed by atoms with Crippen molar-refractivity contribution in [3.05, 3.63) is 48.3 Å². The zero-order valence-corrected chi connectivity index (χ0v) is 25.1. The average Bonchev–Trinajstić information content (AvgIpc) is 3.45. The number of carbonyl (C=O) groups excluding carboxylic acids is 1. The maximum absolute atomic E-state index is 13.1. The molecule has 2 heterocycles. The van der Waals surface area contributed by atoms with Gasteiger partial charge in [0.25, 0.3) is 10.0 Å². The Morgan fingerprint density at radius 1 is 1.16 bits per heavy atom. The summed E-state index contributed by atoms with van der Waals surface area (Å²) in [7, 11) is -5.73. The van der Waals surface area contributed by atoms with Crippen molar-refractivity contribution in [3.8, 4) is 0 Å². The highest BCUT2D eigenvalue weighted by Crippen LogP contribution is 2.42. The average molecular weight is 558 g/mol. The molecule has 11 heteroatoms. The fourth-order valence-corrected chi connectivity index (χ4v) is 7.40. The summed E-state index contributed by atoms with van der Waals surface area (Å²) in [5.41, 5.74) is 7.25. The van der Waals surface area contributed by atoms with Gasteiger partial charge in [-0.25, -0.2) is 22.4 Å². The fraction of sp³-hybridized carbons (Fsp3) is 0.519. The second kappa shape index (κ2) is 10.4. The Balaban J connectivity index is 1.43. The van der Waals surface area contributed by atoms with Crippen molar-refractivity contribution < 1.29 is 17.6 Å². The quantitative estimate of drug-likeness (QED) is 0.287. The Bertz CT molecular complexity index is 1410. The molecule has 1 fully saturated rings. The Morgan fingerprint density at radius 2 is 1.84 bits per heavy atom. The van der Waals surface area contributed by atoms with E-state index in [9.17, 15) is 13.2 Å². The predicted octanol–water partition coefficient (Wildman–Crippen LogP) is 5.25. The number of fused-ring (bicyclic) bond motifs is 1. The van der Waals surface area contributed by atoms with Gasteiger partial charge in [0.15, 0.2) is 19.8 Å². The summed E-state index contributed by atoms with van der Waals surface area (Å²) in [6.45, 7) is 15.2. The lowest BCUT2D eigenvalue weighted by atomic mass is 9.93. The van der Waals surface area contributed by atoms with E-state index in [-0.39, 0.29) is 39.4 Å². The third-order valence-electron chi connectivity index (χ3n) is 8.03. The van der Waals surface area contributed by atoms with Gasteiger partial charge in [-0.05, 0) is 62.0 Å². The van der Waals surface area contributed by atoms with Crippen LogP contribution in [0, 0.1) is 18.8 Å². The molecular weight excluding hydrogens is 518 g/mol. The molecule has 3 atom stereocenters. The molecule has 9 nitrogen and oxygen atoms in total. The lowest BCUT2D eigenvalue weighted by Crippen LogP contribution is -2.43. The highest BCUT2D eigenvalue weighted by molar-refractivity contribution is 7.90. The number of benzene rings is 1. The molecule has 0 aliphatic heterocycles. The number of aromatic nitrogens is 3. The zero-order chi connectivity index (χ0) is 27.9. The number of hydrazine groups is 1. The standard InChI is InChI=1S/C27H39N5O4SSi/c1-8-19-15-20(36-38(6,7)27(3,4)5)16-22(19)26(33)31-30-24-17-28-25-23(29-24)13-14-32(25)37(34,35)21-11-9-18(2)10-12-21/h9-14,17,19-20,22H,8,15-16H2,1-7H3,(H,29,30)(H,31,33). The van der Waals surface area contributed by atoms with E-state index in [4.69, 9.17) is 4.43 Å². The maximum atomic E-state index is 13.1. The first-order chi connectivity index (χ1) is 17.7. The summed E-state index contributed by atoms with van der Waals surface area (Å²) in [6.07, 6.45) is 5.43. The van der Waals surface area contributed by atoms with Crippen LogP contribution < -0.4 is 10.9 Å². The second-order valence-corrected chi connectivity index (χ2v) is 18.3. The van der Waals surface area contributed by atoms with Crippen LogP contribution in [0.4, 0.5) is 5.82 Å². The van der Waals surface area contributed by atoms with Crippen LogP contribution in [0.25, 0.3) is 11.2 Å². The molecule has 38 heavy (non-hydrogen) atoms. The van der Waals surface area contributed by atoms with Crippen molar-refractivity contribution in [1.82, 2.24) is 19.4 Å². The molecule has 1 aromatic carbocycles. The van der Waals surface area contributed by atoms with Crippen LogP contribution in [0.1, 0.15) is 52.5 Å². The first kappa shape index (κ1) is 28.3. The van der Waals surface area contributed by atoms with Crippen molar-refractivity contribution in [2.75, 3.05) is 5.43 Å². The van der Waals surface area contributed by atoms with Crippen LogP contribution in [0.15, 0.2) is 47.6 Å². The number of nitrogens with one attached hydrogen (secondary N) is 2. The zero-order valence-electron chi connectivity index (χ0n) is 23.3. The summed E-state index contributed by atoms with van der Waals surface area (Å²) < 4.78 is 34.0. The Morgan fingerprint density at radius 3 is 2.47 bits per heavy atom. The second-order valence-electron chi connectivity index (χ2n) is 11.8. The highest BCUT2D eigenvalue weighted by Gasteiger charge is 2.44. The third kappa shape index (κ3) is 5.64. The molecule has 3 aromatic rings. The van der Waals surface area contributed by atoms with E-state index in [1.807, 2.05) is 6.92 Å². The summed E-state index contributed by atoms with van der Waals surface area (Å²) in [6, 6.07) is 8.25. The van der Waals surface area contributed by atoms with E-state index in [0.29, 0.717) is 17.8 Å². The van der Waals surface area contributed by atoms with Crippen LogP contribution in [-0.4, -0.2) is 42.7 Å². The van der Waals surface area contributed by atoms with Gasteiger partial charge in [-0.15, -0.1) is 0 Å². The summed E-state index contributed by atoms with van der Waals surface area (Å²) in [4.78, 5) is 22.1. The Labute approximate surface area is 226 Å². The number of rotatable bonds is 8. The van der Waals surface area contributed by atoms with E-state index >= 15 is 0 Å². The minimum absolute atomic E-state index is 0.0861. The Kier molecular flexibility index (Phi) is 7.75. The molecule has 4 rings (SSSR count). The molecular formula is C27H39N5O4SSi. The number of hydrogen-bond donors (Lipinski definition) is 2. The van der Waals surface area contributed by atoms with Crippen LogP contribution in [0.3, 0.4) is 0 Å². The minimum atomic E-state index is -3.81. The number of hydrogen-bond acceptors (Lipinski definition) is 7. The van der Waals surface area contributed by atoms with Crippen LogP contribution >= 0.6 is 0 Å². The highest BCUT2D eigenvalue weighted by atomic mass is 32.2. The van der Waals surface area contributed by atoms with Crippen LogP contribution in [0.5, 0.6) is 0 Å². The summed E-state index contributed by atoms with van der Waals surface area (Å²) in [5.74, 6) is 0.330. The number of aryl methyl sites for hydroxylation is 1. The van der Waals surface area contributed by atoms with E-state index in [2.05, 4.69) is 61.6 Å². The molecule has 1 aliphatic carbocycles. The van der Waals surface area contributed by atoms with Gasteiger partial charge in [0.2, 0.25) is 5.91 Å². The molecule has 3 unspecified atom stereocenters. The lowest BCUT2D eigenvalue weighted by molar-refractivity contribution is -0.125. The molecule has 1 aliphatic rings. The molecule has 2 aromatic heterocycles. The van der Waals surface area contributed by atoms with E-state index in [1.165, 1.54) is 12.4 Å². The maximum Gasteiger partial charge on any atom is 0.269 e. The number of anilines is 1. The number of amides is 1. The van der Waals surface area contributed by atoms with Gasteiger partial charge in [0.1, 0.15) is 5.52 Å². The van der Waals surface area contributed by atoms with Gasteiger partial charge in [0, 0.05) is 18.2 Å². The predicted molar refractivity (Wildman–Crippen MR) is 152 cm³/mol. The number of carbonyl (C=O) groups is 1. The van der Waals surface area contributed by atoms with Gasteiger partial charge in [-0.2, -0.15) is 0 Å². The SMILES string of the molecule is CCC1CC(O[Si](C)(C)C(C)(C)C)CC1C(=O)NNc1cnc2c(ccn2S(=O)(=O)c2ccc(C)cc2)n1.